The molecule has 2 aromatic rings. The van der Waals surface area contributed by atoms with Gasteiger partial charge in [-0.3, -0.25) is 20.0 Å². The summed E-state index contributed by atoms with van der Waals surface area (Å²) in [6.45, 7) is 5.11. The summed E-state index contributed by atoms with van der Waals surface area (Å²) < 4.78 is 0. The summed E-state index contributed by atoms with van der Waals surface area (Å²) in [6.07, 6.45) is 2.89. The molecule has 8 heteroatoms. The van der Waals surface area contributed by atoms with E-state index in [4.69, 9.17) is 0 Å². The minimum absolute atomic E-state index is 0.106. The molecule has 24 heavy (non-hydrogen) atoms. The fourth-order valence-corrected chi connectivity index (χ4v) is 3.33. The first kappa shape index (κ1) is 16.9. The van der Waals surface area contributed by atoms with Crippen molar-refractivity contribution in [3.8, 4) is 0 Å². The van der Waals surface area contributed by atoms with Crippen molar-refractivity contribution < 1.29 is 9.90 Å². The third-order valence-electron chi connectivity index (χ3n) is 4.53. The van der Waals surface area contributed by atoms with Crippen LogP contribution in [0.1, 0.15) is 31.0 Å². The molecule has 1 aliphatic rings. The first-order chi connectivity index (χ1) is 11.5. The predicted octanol–water partition coefficient (Wildman–Crippen LogP) is 1.55. The molecule has 1 fully saturated rings. The average Bonchev–Trinajstić information content (AvgIpc) is 3.08. The highest BCUT2D eigenvalue weighted by molar-refractivity contribution is 7.13. The van der Waals surface area contributed by atoms with Gasteiger partial charge in [0.1, 0.15) is 11.1 Å². The fourth-order valence-electron chi connectivity index (χ4n) is 2.88. The second-order valence-electron chi connectivity index (χ2n) is 6.20. The van der Waals surface area contributed by atoms with Crippen molar-refractivity contribution >= 4 is 22.4 Å². The van der Waals surface area contributed by atoms with E-state index in [2.05, 4.69) is 25.4 Å². The van der Waals surface area contributed by atoms with Gasteiger partial charge in [-0.2, -0.15) is 0 Å². The zero-order valence-electron chi connectivity index (χ0n) is 13.8. The molecule has 1 saturated heterocycles. The summed E-state index contributed by atoms with van der Waals surface area (Å²) in [7, 11) is 0. The molecular formula is C16H21N5O2S. The Morgan fingerprint density at radius 3 is 2.75 bits per heavy atom. The molecule has 128 valence electrons. The van der Waals surface area contributed by atoms with Crippen molar-refractivity contribution in [3.05, 3.63) is 35.1 Å². The zero-order valence-corrected chi connectivity index (χ0v) is 14.6. The lowest BCUT2D eigenvalue weighted by atomic mass is 9.87. The third-order valence-corrected chi connectivity index (χ3v) is 5.14. The topological polar surface area (TPSA) is 91.2 Å². The maximum absolute atomic E-state index is 12.3. The summed E-state index contributed by atoms with van der Waals surface area (Å²) in [5.74, 6) is -0.106. The van der Waals surface area contributed by atoms with E-state index in [0.717, 1.165) is 5.56 Å². The standard InChI is InChI=1S/C16H21N5O2S/c1-11-3-4-13(17-9-11)16(23)5-7-21(8-6-16)12(2)14(22)19-15-20-18-10-24-15/h3-4,9-10,12,23H,5-8H2,1-2H3,(H,19,20,22)/t12-/m0/s1. The van der Waals surface area contributed by atoms with Gasteiger partial charge in [0.25, 0.3) is 0 Å². The molecule has 0 aromatic carbocycles. The van der Waals surface area contributed by atoms with Crippen LogP contribution in [0.25, 0.3) is 0 Å². The lowest BCUT2D eigenvalue weighted by molar-refractivity contribution is -0.123. The van der Waals surface area contributed by atoms with Crippen LogP contribution in [0.15, 0.2) is 23.8 Å². The van der Waals surface area contributed by atoms with Crippen LogP contribution >= 0.6 is 11.3 Å². The molecule has 3 heterocycles. The Bertz CT molecular complexity index is 681. The number of rotatable bonds is 4. The number of anilines is 1. The summed E-state index contributed by atoms with van der Waals surface area (Å²) in [6, 6.07) is 3.56. The Balaban J connectivity index is 1.59. The molecule has 2 N–H and O–H groups in total. The second-order valence-corrected chi connectivity index (χ2v) is 7.03. The highest BCUT2D eigenvalue weighted by atomic mass is 32.1. The molecule has 7 nitrogen and oxygen atoms in total. The highest BCUT2D eigenvalue weighted by Crippen LogP contribution is 2.32. The second kappa shape index (κ2) is 6.92. The van der Waals surface area contributed by atoms with E-state index < -0.39 is 5.60 Å². The van der Waals surface area contributed by atoms with Crippen LogP contribution in [-0.4, -0.2) is 50.2 Å². The van der Waals surface area contributed by atoms with Crippen molar-refractivity contribution in [1.29, 1.82) is 0 Å². The van der Waals surface area contributed by atoms with Gasteiger partial charge in [-0.15, -0.1) is 10.2 Å². The van der Waals surface area contributed by atoms with Crippen LogP contribution in [0, 0.1) is 6.92 Å². The summed E-state index contributed by atoms with van der Waals surface area (Å²) in [4.78, 5) is 18.7. The van der Waals surface area contributed by atoms with Gasteiger partial charge in [-0.25, -0.2) is 0 Å². The first-order valence-corrected chi connectivity index (χ1v) is 8.82. The quantitative estimate of drug-likeness (QED) is 0.872. The van der Waals surface area contributed by atoms with Gasteiger partial charge in [0.2, 0.25) is 11.0 Å². The van der Waals surface area contributed by atoms with Crippen molar-refractivity contribution in [3.63, 3.8) is 0 Å². The van der Waals surface area contributed by atoms with Gasteiger partial charge in [-0.05, 0) is 38.3 Å². The number of aliphatic hydroxyl groups is 1. The average molecular weight is 347 g/mol. The van der Waals surface area contributed by atoms with Gasteiger partial charge >= 0.3 is 0 Å². The highest BCUT2D eigenvalue weighted by Gasteiger charge is 2.37. The maximum atomic E-state index is 12.3. The fraction of sp³-hybridized carbons (Fsp3) is 0.500. The Morgan fingerprint density at radius 2 is 2.17 bits per heavy atom. The van der Waals surface area contributed by atoms with Gasteiger partial charge < -0.3 is 5.11 Å². The number of carbonyl (C=O) groups is 1. The smallest absolute Gasteiger partial charge is 0.243 e. The van der Waals surface area contributed by atoms with E-state index in [-0.39, 0.29) is 11.9 Å². The molecule has 0 unspecified atom stereocenters. The summed E-state index contributed by atoms with van der Waals surface area (Å²) >= 11 is 1.29. The molecule has 0 saturated carbocycles. The lowest BCUT2D eigenvalue weighted by Crippen LogP contribution is -2.50. The van der Waals surface area contributed by atoms with Crippen molar-refractivity contribution in [2.24, 2.45) is 0 Å². The van der Waals surface area contributed by atoms with E-state index in [9.17, 15) is 9.90 Å². The number of aryl methyl sites for hydroxylation is 1. The number of nitrogens with one attached hydrogen (secondary N) is 1. The minimum Gasteiger partial charge on any atom is -0.383 e. The molecular weight excluding hydrogens is 326 g/mol. The molecule has 0 aliphatic carbocycles. The number of nitrogens with zero attached hydrogens (tertiary/aromatic N) is 4. The van der Waals surface area contributed by atoms with Gasteiger partial charge in [0, 0.05) is 19.3 Å². The van der Waals surface area contributed by atoms with Crippen LogP contribution in [0.2, 0.25) is 0 Å². The van der Waals surface area contributed by atoms with E-state index in [0.29, 0.717) is 36.8 Å². The number of likely N-dealkylation sites (tertiary alicyclic amines) is 1. The van der Waals surface area contributed by atoms with Crippen LogP contribution in [-0.2, 0) is 10.4 Å². The SMILES string of the molecule is Cc1ccc(C2(O)CCN([C@@H](C)C(=O)Nc3nncs3)CC2)nc1. The minimum atomic E-state index is -0.917. The van der Waals surface area contributed by atoms with Crippen molar-refractivity contribution in [1.82, 2.24) is 20.1 Å². The van der Waals surface area contributed by atoms with Crippen molar-refractivity contribution in [2.45, 2.75) is 38.3 Å². The van der Waals surface area contributed by atoms with Crippen LogP contribution in [0.3, 0.4) is 0 Å². The lowest BCUT2D eigenvalue weighted by Gasteiger charge is -2.39. The normalized spacial score (nSPS) is 19.0. The molecule has 3 rings (SSSR count). The monoisotopic (exact) mass is 347 g/mol. The third kappa shape index (κ3) is 3.61. The Hall–Kier alpha value is -1.90. The summed E-state index contributed by atoms with van der Waals surface area (Å²) in [5.41, 5.74) is 2.44. The van der Waals surface area contributed by atoms with Crippen LogP contribution < -0.4 is 5.32 Å². The Morgan fingerprint density at radius 1 is 1.42 bits per heavy atom. The number of pyridine rings is 1. The number of hydrogen-bond donors (Lipinski definition) is 2. The van der Waals surface area contributed by atoms with Gasteiger partial charge in [0.05, 0.1) is 11.7 Å². The number of amides is 1. The van der Waals surface area contributed by atoms with Crippen LogP contribution in [0.4, 0.5) is 5.13 Å². The number of hydrogen-bond acceptors (Lipinski definition) is 7. The zero-order chi connectivity index (χ0) is 17.2. The number of carbonyl (C=O) groups excluding carboxylic acids is 1. The molecule has 2 aromatic heterocycles. The van der Waals surface area contributed by atoms with Crippen molar-refractivity contribution in [2.75, 3.05) is 18.4 Å². The van der Waals surface area contributed by atoms with Crippen LogP contribution in [0.5, 0.6) is 0 Å². The summed E-state index contributed by atoms with van der Waals surface area (Å²) in [5, 5.41) is 21.7. The molecule has 0 radical (unpaired) electrons. The molecule has 1 atom stereocenters. The predicted molar refractivity (Wildman–Crippen MR) is 91.7 cm³/mol. The first-order valence-electron chi connectivity index (χ1n) is 7.94. The van der Waals surface area contributed by atoms with E-state index in [1.54, 1.807) is 11.7 Å². The maximum Gasteiger partial charge on any atom is 0.243 e. The molecule has 0 bridgehead atoms. The van der Waals surface area contributed by atoms with E-state index >= 15 is 0 Å². The molecule has 1 amide bonds. The van der Waals surface area contributed by atoms with Gasteiger partial charge in [0.15, 0.2) is 0 Å². The largest absolute Gasteiger partial charge is 0.383 e. The van der Waals surface area contributed by atoms with E-state index in [1.807, 2.05) is 26.0 Å². The van der Waals surface area contributed by atoms with Gasteiger partial charge in [-0.1, -0.05) is 17.4 Å². The number of aromatic nitrogens is 3. The van der Waals surface area contributed by atoms with E-state index in [1.165, 1.54) is 11.3 Å². The molecule has 1 aliphatic heterocycles. The number of piperidine rings is 1. The Kier molecular flexibility index (Phi) is 4.88. The molecule has 0 spiro atoms. The Labute approximate surface area is 144 Å².